The Morgan fingerprint density at radius 1 is 1.12 bits per heavy atom. The van der Waals surface area contributed by atoms with Crippen LogP contribution in [0.4, 0.5) is 0 Å². The van der Waals surface area contributed by atoms with E-state index in [4.69, 9.17) is 4.43 Å². The molecule has 132 valence electrons. The van der Waals surface area contributed by atoms with Gasteiger partial charge in [-0.05, 0) is 36.3 Å². The van der Waals surface area contributed by atoms with Crippen LogP contribution in [-0.4, -0.2) is 34.0 Å². The first-order chi connectivity index (χ1) is 11.0. The minimum Gasteiger partial charge on any atom is -0.408 e. The van der Waals surface area contributed by atoms with Crippen LogP contribution in [0.5, 0.6) is 0 Å². The summed E-state index contributed by atoms with van der Waals surface area (Å²) in [6.45, 7) is 10.5. The van der Waals surface area contributed by atoms with Gasteiger partial charge in [0, 0.05) is 0 Å². The van der Waals surface area contributed by atoms with Crippen LogP contribution < -0.4 is 0 Å². The molecule has 1 aliphatic carbocycles. The van der Waals surface area contributed by atoms with Gasteiger partial charge in [-0.25, -0.2) is 8.42 Å². The van der Waals surface area contributed by atoms with Gasteiger partial charge in [-0.2, -0.15) is 0 Å². The van der Waals surface area contributed by atoms with Crippen molar-refractivity contribution < 1.29 is 18.0 Å². The van der Waals surface area contributed by atoms with E-state index in [1.807, 2.05) is 0 Å². The fourth-order valence-corrected chi connectivity index (χ4v) is 4.97. The van der Waals surface area contributed by atoms with Crippen molar-refractivity contribution in [2.45, 2.75) is 56.0 Å². The second-order valence-corrected chi connectivity index (χ2v) is 14.3. The monoisotopic (exact) mass is 366 g/mol. The Kier molecular flexibility index (Phi) is 5.25. The summed E-state index contributed by atoms with van der Waals surface area (Å²) in [7, 11) is -5.88. The molecule has 0 heterocycles. The van der Waals surface area contributed by atoms with Gasteiger partial charge in [0.2, 0.25) is 9.84 Å². The summed E-state index contributed by atoms with van der Waals surface area (Å²) in [6, 6.07) is 8.16. The number of aliphatic hydroxyl groups is 1. The fourth-order valence-electron chi connectivity index (χ4n) is 2.23. The summed E-state index contributed by atoms with van der Waals surface area (Å²) < 4.78 is 31.8. The highest BCUT2D eigenvalue weighted by molar-refractivity contribution is 7.95. The third-order valence-electron chi connectivity index (χ3n) is 4.76. The topological polar surface area (TPSA) is 63.6 Å². The van der Waals surface area contributed by atoms with Gasteiger partial charge in [0.05, 0.1) is 15.9 Å². The molecule has 0 saturated carbocycles. The quantitative estimate of drug-likeness (QED) is 0.826. The fraction of sp³-hybridized carbons (Fsp3) is 0.444. The summed E-state index contributed by atoms with van der Waals surface area (Å²) in [4.78, 5) is 0.164. The van der Waals surface area contributed by atoms with Gasteiger partial charge in [-0.1, -0.05) is 51.1 Å². The molecular weight excluding hydrogens is 340 g/mol. The van der Waals surface area contributed by atoms with Gasteiger partial charge in [0.1, 0.15) is 6.10 Å². The van der Waals surface area contributed by atoms with Crippen LogP contribution in [-0.2, 0) is 14.3 Å². The lowest BCUT2D eigenvalue weighted by Crippen LogP contribution is -2.47. The maximum Gasteiger partial charge on any atom is 0.205 e. The van der Waals surface area contributed by atoms with Crippen LogP contribution in [0, 0.1) is 0 Å². The van der Waals surface area contributed by atoms with Crippen LogP contribution in [0.25, 0.3) is 0 Å². The van der Waals surface area contributed by atoms with Gasteiger partial charge in [0.15, 0.2) is 8.32 Å². The molecule has 0 bridgehead atoms. The van der Waals surface area contributed by atoms with Crippen molar-refractivity contribution in [3.8, 4) is 0 Å². The highest BCUT2D eigenvalue weighted by atomic mass is 32.2. The van der Waals surface area contributed by atoms with Gasteiger partial charge < -0.3 is 9.53 Å². The molecule has 2 rings (SSSR count). The second-order valence-electron chi connectivity index (χ2n) is 7.56. The van der Waals surface area contributed by atoms with Crippen molar-refractivity contribution in [2.75, 3.05) is 0 Å². The number of rotatable bonds is 4. The first-order valence-corrected chi connectivity index (χ1v) is 12.4. The Balaban J connectivity index is 2.30. The number of aliphatic hydroxyl groups excluding tert-OH is 1. The molecule has 0 saturated heterocycles. The van der Waals surface area contributed by atoms with Crippen molar-refractivity contribution in [3.63, 3.8) is 0 Å². The largest absolute Gasteiger partial charge is 0.408 e. The molecular formula is C18H26O4SSi. The van der Waals surface area contributed by atoms with Crippen LogP contribution in [0.15, 0.2) is 58.4 Å². The lowest BCUT2D eigenvalue weighted by molar-refractivity contribution is 0.0828. The lowest BCUT2D eigenvalue weighted by atomic mass is 10.1. The molecule has 0 aliphatic heterocycles. The first kappa shape index (κ1) is 19.1. The smallest absolute Gasteiger partial charge is 0.205 e. The van der Waals surface area contributed by atoms with E-state index in [1.165, 1.54) is 18.2 Å². The first-order valence-electron chi connectivity index (χ1n) is 8.01. The predicted octanol–water partition coefficient (Wildman–Crippen LogP) is 3.67. The summed E-state index contributed by atoms with van der Waals surface area (Å²) in [5.41, 5.74) is 0. The Labute approximate surface area is 145 Å². The molecule has 0 unspecified atom stereocenters. The zero-order valence-electron chi connectivity index (χ0n) is 14.9. The molecule has 1 aromatic carbocycles. The third kappa shape index (κ3) is 3.72. The van der Waals surface area contributed by atoms with E-state index in [9.17, 15) is 13.5 Å². The van der Waals surface area contributed by atoms with Crippen molar-refractivity contribution in [3.05, 3.63) is 53.5 Å². The summed E-state index contributed by atoms with van der Waals surface area (Å²) in [6.07, 6.45) is 2.99. The van der Waals surface area contributed by atoms with Crippen molar-refractivity contribution in [1.29, 1.82) is 0 Å². The lowest BCUT2D eigenvalue weighted by Gasteiger charge is -2.40. The van der Waals surface area contributed by atoms with E-state index in [0.29, 0.717) is 0 Å². The third-order valence-corrected chi connectivity index (χ3v) is 11.1. The Hall–Kier alpha value is -1.21. The maximum absolute atomic E-state index is 12.8. The zero-order chi connectivity index (χ0) is 18.2. The molecule has 0 radical (unpaired) electrons. The average Bonchev–Trinajstić information content (AvgIpc) is 2.49. The molecule has 2 atom stereocenters. The predicted molar refractivity (Wildman–Crippen MR) is 98.9 cm³/mol. The van der Waals surface area contributed by atoms with Crippen LogP contribution in [0.1, 0.15) is 20.8 Å². The summed E-state index contributed by atoms with van der Waals surface area (Å²) >= 11 is 0. The van der Waals surface area contributed by atoms with E-state index in [0.717, 1.165) is 0 Å². The molecule has 0 fully saturated rings. The van der Waals surface area contributed by atoms with Gasteiger partial charge >= 0.3 is 0 Å². The molecule has 4 nitrogen and oxygen atoms in total. The van der Waals surface area contributed by atoms with Crippen LogP contribution >= 0.6 is 0 Å². The second kappa shape index (κ2) is 6.59. The minimum atomic E-state index is -3.74. The normalized spacial score (nSPS) is 22.3. The van der Waals surface area contributed by atoms with Crippen LogP contribution in [0.3, 0.4) is 0 Å². The van der Waals surface area contributed by atoms with Gasteiger partial charge in [-0.3, -0.25) is 0 Å². The standard InChI is InChI=1S/C18H26O4SSi/c1-18(2,3)24(4,5)22-15-12-9-13-16(17(15)19)23(20,21)14-10-7-6-8-11-14/h6-13,15,17,19H,1-5H3/t15-,17+/m0/s1. The molecule has 1 aliphatic rings. The van der Waals surface area contributed by atoms with E-state index in [1.54, 1.807) is 30.4 Å². The van der Waals surface area contributed by atoms with E-state index < -0.39 is 30.4 Å². The average molecular weight is 367 g/mol. The van der Waals surface area contributed by atoms with Gasteiger partial charge in [0.25, 0.3) is 0 Å². The van der Waals surface area contributed by atoms with Crippen molar-refractivity contribution in [1.82, 2.24) is 0 Å². The SMILES string of the molecule is CC(C)(C)[Si](C)(C)O[C@H]1C=CC=C(S(=O)(=O)c2ccccc2)[C@@H]1O. The summed E-state index contributed by atoms with van der Waals surface area (Å²) in [5, 5.41) is 10.6. The van der Waals surface area contributed by atoms with Gasteiger partial charge in [-0.15, -0.1) is 0 Å². The molecule has 1 aromatic rings. The molecule has 0 aromatic heterocycles. The molecule has 24 heavy (non-hydrogen) atoms. The highest BCUT2D eigenvalue weighted by Crippen LogP contribution is 2.39. The highest BCUT2D eigenvalue weighted by Gasteiger charge is 2.42. The Morgan fingerprint density at radius 3 is 2.25 bits per heavy atom. The Morgan fingerprint density at radius 2 is 1.71 bits per heavy atom. The Bertz CT molecular complexity index is 743. The van der Waals surface area contributed by atoms with E-state index >= 15 is 0 Å². The number of allylic oxidation sites excluding steroid dienone is 2. The maximum atomic E-state index is 12.8. The van der Waals surface area contributed by atoms with Crippen molar-refractivity contribution >= 4 is 18.2 Å². The molecule has 0 amide bonds. The van der Waals surface area contributed by atoms with E-state index in [-0.39, 0.29) is 14.8 Å². The number of hydrogen-bond donors (Lipinski definition) is 1. The van der Waals surface area contributed by atoms with Crippen molar-refractivity contribution in [2.24, 2.45) is 0 Å². The van der Waals surface area contributed by atoms with E-state index in [2.05, 4.69) is 33.9 Å². The number of benzene rings is 1. The summed E-state index contributed by atoms with van der Waals surface area (Å²) in [5.74, 6) is 0. The molecule has 0 spiro atoms. The minimum absolute atomic E-state index is 0.0140. The molecule has 6 heteroatoms. The zero-order valence-corrected chi connectivity index (χ0v) is 16.7. The number of hydrogen-bond acceptors (Lipinski definition) is 4. The molecule has 1 N–H and O–H groups in total. The number of sulfone groups is 1. The van der Waals surface area contributed by atoms with Crippen LogP contribution in [0.2, 0.25) is 18.1 Å².